The summed E-state index contributed by atoms with van der Waals surface area (Å²) < 4.78 is 35.3. The maximum Gasteiger partial charge on any atom is 1.00 e. The van der Waals surface area contributed by atoms with Crippen molar-refractivity contribution in [1.82, 2.24) is 4.90 Å². The molecule has 0 bridgehead atoms. The van der Waals surface area contributed by atoms with Crippen LogP contribution in [0.25, 0.3) is 0 Å². The zero-order valence-corrected chi connectivity index (χ0v) is 10.3. The summed E-state index contributed by atoms with van der Waals surface area (Å²) in [5.74, 6) is 0. The molecule has 0 heterocycles. The molecule has 0 amide bonds. The van der Waals surface area contributed by atoms with Crippen LogP contribution in [0.3, 0.4) is 0 Å². The van der Waals surface area contributed by atoms with Gasteiger partial charge < -0.3 is 17.8 Å². The van der Waals surface area contributed by atoms with Gasteiger partial charge in [0.25, 0.3) is 0 Å². The maximum absolute atomic E-state index is 11.8. The molecule has 0 saturated heterocycles. The van der Waals surface area contributed by atoms with Gasteiger partial charge in [-0.05, 0) is 6.44 Å². The largest absolute Gasteiger partial charge is 1.00 e. The van der Waals surface area contributed by atoms with E-state index in [-0.39, 0.29) is 64.5 Å². The molecule has 66 valence electrons. The standard InChI is InChI=1S/C5H6BF3N3.K/c7-6(8,9)5-12(3-1-10)4-2-11;/h3-5H2;/q-1;+1. The molecule has 0 rings (SSSR count). The van der Waals surface area contributed by atoms with Crippen LogP contribution in [0.2, 0.25) is 0 Å². The number of rotatable bonds is 4. The fourth-order valence-electron chi connectivity index (χ4n) is 0.678. The average molecular weight is 215 g/mol. The van der Waals surface area contributed by atoms with Crippen molar-refractivity contribution in [1.29, 1.82) is 10.5 Å². The van der Waals surface area contributed by atoms with Crippen LogP contribution >= 0.6 is 0 Å². The summed E-state index contributed by atoms with van der Waals surface area (Å²) in [5.41, 5.74) is 0. The van der Waals surface area contributed by atoms with E-state index >= 15 is 0 Å². The third-order valence-corrected chi connectivity index (χ3v) is 1.05. The Morgan fingerprint density at radius 1 is 1.08 bits per heavy atom. The molecule has 0 radical (unpaired) electrons. The van der Waals surface area contributed by atoms with Crippen LogP contribution in [-0.2, 0) is 0 Å². The molecule has 0 aromatic carbocycles. The van der Waals surface area contributed by atoms with Gasteiger partial charge in [0.15, 0.2) is 0 Å². The van der Waals surface area contributed by atoms with Gasteiger partial charge in [-0.2, -0.15) is 10.5 Å². The molecule has 0 N–H and O–H groups in total. The van der Waals surface area contributed by atoms with Crippen LogP contribution in [-0.4, -0.2) is 31.4 Å². The Bertz CT molecular complexity index is 203. The van der Waals surface area contributed by atoms with Crippen LogP contribution in [0.15, 0.2) is 0 Å². The molecule has 0 aromatic heterocycles. The van der Waals surface area contributed by atoms with Crippen molar-refractivity contribution < 1.29 is 64.3 Å². The molecule has 0 fully saturated rings. The van der Waals surface area contributed by atoms with E-state index in [4.69, 9.17) is 10.5 Å². The van der Waals surface area contributed by atoms with Gasteiger partial charge in [-0.25, -0.2) is 0 Å². The van der Waals surface area contributed by atoms with Crippen molar-refractivity contribution >= 4 is 6.98 Å². The van der Waals surface area contributed by atoms with Crippen molar-refractivity contribution in [3.8, 4) is 12.1 Å². The van der Waals surface area contributed by atoms with Gasteiger partial charge in [0.2, 0.25) is 0 Å². The molecule has 0 aromatic rings. The van der Waals surface area contributed by atoms with Gasteiger partial charge in [-0.15, -0.1) is 0 Å². The number of nitrogens with zero attached hydrogens (tertiary/aromatic N) is 3. The molecule has 0 spiro atoms. The Morgan fingerprint density at radius 3 is 1.69 bits per heavy atom. The van der Waals surface area contributed by atoms with Crippen molar-refractivity contribution in [3.05, 3.63) is 0 Å². The van der Waals surface area contributed by atoms with Crippen LogP contribution in [0, 0.1) is 22.7 Å². The molecule has 0 aliphatic rings. The number of nitriles is 2. The second kappa shape index (κ2) is 7.80. The third-order valence-electron chi connectivity index (χ3n) is 1.05. The summed E-state index contributed by atoms with van der Waals surface area (Å²) in [6, 6.07) is 3.12. The van der Waals surface area contributed by atoms with Gasteiger partial charge in [0.1, 0.15) is 0 Å². The van der Waals surface area contributed by atoms with Crippen molar-refractivity contribution in [2.75, 3.05) is 19.5 Å². The van der Waals surface area contributed by atoms with E-state index in [2.05, 4.69) is 0 Å². The van der Waals surface area contributed by atoms with E-state index in [0.29, 0.717) is 0 Å². The van der Waals surface area contributed by atoms with E-state index in [1.807, 2.05) is 0 Å². The first-order valence-electron chi connectivity index (χ1n) is 3.17. The molecule has 0 atom stereocenters. The fourth-order valence-corrected chi connectivity index (χ4v) is 0.678. The van der Waals surface area contributed by atoms with Gasteiger partial charge in [0.05, 0.1) is 25.2 Å². The smallest absolute Gasteiger partial charge is 0.448 e. The number of hydrogen-bond acceptors (Lipinski definition) is 3. The molecule has 8 heteroatoms. The van der Waals surface area contributed by atoms with Gasteiger partial charge in [-0.1, -0.05) is 0 Å². The van der Waals surface area contributed by atoms with Crippen molar-refractivity contribution in [3.63, 3.8) is 0 Å². The first kappa shape index (κ1) is 15.9. The second-order valence-corrected chi connectivity index (χ2v) is 2.20. The summed E-state index contributed by atoms with van der Waals surface area (Å²) in [6.45, 7) is -5.68. The zero-order valence-electron chi connectivity index (χ0n) is 7.17. The second-order valence-electron chi connectivity index (χ2n) is 2.20. The number of hydrogen-bond donors (Lipinski definition) is 0. The summed E-state index contributed by atoms with van der Waals surface area (Å²) in [7, 11) is 0. The molecule has 0 saturated carbocycles. The third kappa shape index (κ3) is 10.4. The van der Waals surface area contributed by atoms with E-state index in [9.17, 15) is 12.9 Å². The monoisotopic (exact) mass is 215 g/mol. The number of halogens is 3. The zero-order chi connectivity index (χ0) is 9.61. The molecular weight excluding hydrogens is 209 g/mol. The van der Waals surface area contributed by atoms with E-state index in [1.165, 1.54) is 0 Å². The minimum atomic E-state index is -4.95. The van der Waals surface area contributed by atoms with E-state index in [1.54, 1.807) is 12.1 Å². The van der Waals surface area contributed by atoms with Crippen molar-refractivity contribution in [2.45, 2.75) is 0 Å². The summed E-state index contributed by atoms with van der Waals surface area (Å²) >= 11 is 0. The molecular formula is C5H6BF3KN3. The quantitative estimate of drug-likeness (QED) is 0.392. The molecule has 3 nitrogen and oxygen atoms in total. The topological polar surface area (TPSA) is 50.8 Å². The minimum absolute atomic E-state index is 0. The molecule has 0 unspecified atom stereocenters. The minimum Gasteiger partial charge on any atom is -0.448 e. The normalized spacial score (nSPS) is 10.0. The molecule has 13 heavy (non-hydrogen) atoms. The SMILES string of the molecule is N#CCN(CC#N)C[B-](F)(F)F.[K+]. The average Bonchev–Trinajstić information content (AvgIpc) is 1.84. The first-order valence-corrected chi connectivity index (χ1v) is 3.17. The van der Waals surface area contributed by atoms with Crippen LogP contribution in [0.5, 0.6) is 0 Å². The predicted octanol–water partition coefficient (Wildman–Crippen LogP) is -2.27. The summed E-state index contributed by atoms with van der Waals surface area (Å²) in [6.07, 6.45) is -1.15. The van der Waals surface area contributed by atoms with E-state index < -0.39 is 13.4 Å². The summed E-state index contributed by atoms with van der Waals surface area (Å²) in [5, 5.41) is 16.2. The fraction of sp³-hybridized carbons (Fsp3) is 0.600. The van der Waals surface area contributed by atoms with Crippen molar-refractivity contribution in [2.24, 2.45) is 0 Å². The van der Waals surface area contributed by atoms with Crippen LogP contribution < -0.4 is 51.4 Å². The Morgan fingerprint density at radius 2 is 1.46 bits per heavy atom. The predicted molar refractivity (Wildman–Crippen MR) is 36.7 cm³/mol. The summed E-state index contributed by atoms with van der Waals surface area (Å²) in [4.78, 5) is 0.750. The van der Waals surface area contributed by atoms with Gasteiger partial charge in [-0.3, -0.25) is 0 Å². The van der Waals surface area contributed by atoms with E-state index in [0.717, 1.165) is 4.90 Å². The first-order chi connectivity index (χ1) is 5.49. The van der Waals surface area contributed by atoms with Crippen LogP contribution in [0.1, 0.15) is 0 Å². The molecule has 0 aliphatic carbocycles. The van der Waals surface area contributed by atoms with Gasteiger partial charge in [0, 0.05) is 0 Å². The molecule has 0 aliphatic heterocycles. The Kier molecular flexibility index (Phi) is 9.53. The maximum atomic E-state index is 11.8. The van der Waals surface area contributed by atoms with Gasteiger partial charge >= 0.3 is 58.4 Å². The Hall–Kier alpha value is 0.431. The van der Waals surface area contributed by atoms with Crippen LogP contribution in [0.4, 0.5) is 12.9 Å². The Labute approximate surface area is 117 Å². The Balaban J connectivity index is 0.